The number of phenolic OH excluding ortho intramolecular Hbond substituents is 1. The molecule has 0 saturated carbocycles. The largest absolute Gasteiger partial charge is 0.507 e. The summed E-state index contributed by atoms with van der Waals surface area (Å²) in [5.41, 5.74) is 4.61. The average molecular weight is 357 g/mol. The molecule has 1 aliphatic heterocycles. The predicted octanol–water partition coefficient (Wildman–Crippen LogP) is 7.07. The van der Waals surface area contributed by atoms with Crippen molar-refractivity contribution in [1.29, 1.82) is 0 Å². The van der Waals surface area contributed by atoms with E-state index in [1.165, 1.54) is 42.4 Å². The number of aromatic hydroxyl groups is 1. The van der Waals surface area contributed by atoms with Crippen molar-refractivity contribution < 1.29 is 9.84 Å². The summed E-state index contributed by atoms with van der Waals surface area (Å²) in [6, 6.07) is 4.20. The Morgan fingerprint density at radius 2 is 1.96 bits per heavy atom. The van der Waals surface area contributed by atoms with Gasteiger partial charge in [-0.15, -0.1) is 0 Å². The molecule has 2 nitrogen and oxygen atoms in total. The second-order valence-corrected chi connectivity index (χ2v) is 9.12. The van der Waals surface area contributed by atoms with Crippen LogP contribution in [-0.2, 0) is 0 Å². The number of ether oxygens (including phenoxy) is 1. The van der Waals surface area contributed by atoms with Crippen LogP contribution in [0.5, 0.6) is 11.5 Å². The summed E-state index contributed by atoms with van der Waals surface area (Å²) >= 11 is 0. The van der Waals surface area contributed by atoms with Gasteiger partial charge in [-0.05, 0) is 73.3 Å². The molecular formula is C24H36O2. The Morgan fingerprint density at radius 1 is 1.23 bits per heavy atom. The van der Waals surface area contributed by atoms with Gasteiger partial charge in [0.1, 0.15) is 17.1 Å². The Hall–Kier alpha value is -1.44. The zero-order valence-corrected chi connectivity index (χ0v) is 17.5. The van der Waals surface area contributed by atoms with E-state index in [0.29, 0.717) is 23.5 Å². The van der Waals surface area contributed by atoms with Gasteiger partial charge in [-0.3, -0.25) is 0 Å². The number of benzene rings is 1. The van der Waals surface area contributed by atoms with E-state index >= 15 is 0 Å². The molecule has 0 amide bonds. The Bertz CT molecular complexity index is 698. The van der Waals surface area contributed by atoms with E-state index in [1.54, 1.807) is 0 Å². The summed E-state index contributed by atoms with van der Waals surface area (Å²) in [6.07, 6.45) is 7.33. The van der Waals surface area contributed by atoms with Crippen molar-refractivity contribution in [1.82, 2.24) is 0 Å². The summed E-state index contributed by atoms with van der Waals surface area (Å²) in [4.78, 5) is 0. The van der Waals surface area contributed by atoms with Crippen LogP contribution in [-0.4, -0.2) is 10.7 Å². The standard InChI is InChI=1S/C24H36O2/c1-7-8-9-10-15(2)17(4)18-13-20(25)23-21(14-18)26-24(5,6)19-12-11-16(3)22(19)23/h13-17,25H,7-12H2,1-6H3. The van der Waals surface area contributed by atoms with Gasteiger partial charge in [0.05, 0.1) is 5.56 Å². The molecule has 1 aromatic rings. The van der Waals surface area contributed by atoms with E-state index in [2.05, 4.69) is 47.6 Å². The van der Waals surface area contributed by atoms with Gasteiger partial charge in [0.2, 0.25) is 0 Å². The van der Waals surface area contributed by atoms with Crippen LogP contribution in [0.2, 0.25) is 0 Å². The molecule has 1 N–H and O–H groups in total. The van der Waals surface area contributed by atoms with Gasteiger partial charge >= 0.3 is 0 Å². The van der Waals surface area contributed by atoms with Gasteiger partial charge < -0.3 is 9.84 Å². The molecule has 1 aromatic carbocycles. The molecule has 0 spiro atoms. The monoisotopic (exact) mass is 356 g/mol. The van der Waals surface area contributed by atoms with E-state index in [1.807, 2.05) is 6.07 Å². The van der Waals surface area contributed by atoms with Crippen molar-refractivity contribution in [3.05, 3.63) is 28.8 Å². The first-order valence-electron chi connectivity index (χ1n) is 10.6. The minimum atomic E-state index is -0.270. The molecule has 2 aliphatic rings. The van der Waals surface area contributed by atoms with E-state index in [9.17, 15) is 5.11 Å². The lowest BCUT2D eigenvalue weighted by Gasteiger charge is -2.36. The van der Waals surface area contributed by atoms with Gasteiger partial charge in [0, 0.05) is 0 Å². The molecule has 0 bridgehead atoms. The van der Waals surface area contributed by atoms with E-state index in [0.717, 1.165) is 24.2 Å². The first kappa shape index (κ1) is 19.3. The molecule has 3 unspecified atom stereocenters. The summed E-state index contributed by atoms with van der Waals surface area (Å²) < 4.78 is 6.41. The van der Waals surface area contributed by atoms with E-state index < -0.39 is 0 Å². The number of fused-ring (bicyclic) bond motifs is 2. The number of hydrogen-bond acceptors (Lipinski definition) is 2. The van der Waals surface area contributed by atoms with Crippen LogP contribution in [0.4, 0.5) is 0 Å². The topological polar surface area (TPSA) is 29.5 Å². The summed E-state index contributed by atoms with van der Waals surface area (Å²) in [6.45, 7) is 13.5. The maximum atomic E-state index is 10.9. The van der Waals surface area contributed by atoms with E-state index in [-0.39, 0.29) is 5.60 Å². The maximum Gasteiger partial charge on any atom is 0.132 e. The molecule has 26 heavy (non-hydrogen) atoms. The Balaban J connectivity index is 1.94. The minimum absolute atomic E-state index is 0.270. The molecule has 3 atom stereocenters. The number of rotatable bonds is 6. The minimum Gasteiger partial charge on any atom is -0.507 e. The van der Waals surface area contributed by atoms with Crippen LogP contribution in [0.3, 0.4) is 0 Å². The molecule has 2 heteroatoms. The van der Waals surface area contributed by atoms with Crippen molar-refractivity contribution in [2.24, 2.45) is 11.8 Å². The fourth-order valence-corrected chi connectivity index (χ4v) is 4.83. The quantitative estimate of drug-likeness (QED) is 0.552. The van der Waals surface area contributed by atoms with Gasteiger partial charge in [-0.1, -0.05) is 53.4 Å². The molecule has 3 rings (SSSR count). The molecular weight excluding hydrogens is 320 g/mol. The van der Waals surface area contributed by atoms with Crippen LogP contribution >= 0.6 is 0 Å². The normalized spacial score (nSPS) is 23.2. The van der Waals surface area contributed by atoms with Crippen molar-refractivity contribution in [3.8, 4) is 11.5 Å². The third-order valence-corrected chi connectivity index (χ3v) is 6.75. The lowest BCUT2D eigenvalue weighted by molar-refractivity contribution is 0.141. The second-order valence-electron chi connectivity index (χ2n) is 9.12. The van der Waals surface area contributed by atoms with E-state index in [4.69, 9.17) is 4.74 Å². The average Bonchev–Trinajstić information content (AvgIpc) is 2.96. The first-order chi connectivity index (χ1) is 12.3. The van der Waals surface area contributed by atoms with Crippen molar-refractivity contribution in [2.75, 3.05) is 0 Å². The van der Waals surface area contributed by atoms with Gasteiger partial charge in [0.25, 0.3) is 0 Å². The Morgan fingerprint density at radius 3 is 2.65 bits per heavy atom. The third kappa shape index (κ3) is 3.40. The highest BCUT2D eigenvalue weighted by molar-refractivity contribution is 5.83. The molecule has 144 valence electrons. The maximum absolute atomic E-state index is 10.9. The highest BCUT2D eigenvalue weighted by Crippen LogP contribution is 2.54. The number of hydrogen-bond donors (Lipinski definition) is 1. The zero-order chi connectivity index (χ0) is 19.1. The lowest BCUT2D eigenvalue weighted by atomic mass is 9.81. The predicted molar refractivity (Wildman–Crippen MR) is 110 cm³/mol. The summed E-state index contributed by atoms with van der Waals surface area (Å²) in [7, 11) is 0. The fraction of sp³-hybridized carbons (Fsp3) is 0.667. The lowest BCUT2D eigenvalue weighted by Crippen LogP contribution is -2.34. The first-order valence-corrected chi connectivity index (χ1v) is 10.6. The van der Waals surface area contributed by atoms with Crippen LogP contribution < -0.4 is 4.74 Å². The van der Waals surface area contributed by atoms with Gasteiger partial charge in [0.15, 0.2) is 0 Å². The Kier molecular flexibility index (Phi) is 5.42. The molecule has 0 saturated heterocycles. The van der Waals surface area contributed by atoms with Gasteiger partial charge in [-0.25, -0.2) is 0 Å². The van der Waals surface area contributed by atoms with Crippen LogP contribution in [0, 0.1) is 11.8 Å². The highest BCUT2D eigenvalue weighted by Gasteiger charge is 2.41. The number of unbranched alkanes of at least 4 members (excludes halogenated alkanes) is 2. The molecule has 1 aliphatic carbocycles. The van der Waals surface area contributed by atoms with Gasteiger partial charge in [-0.2, -0.15) is 0 Å². The van der Waals surface area contributed by atoms with Crippen molar-refractivity contribution in [2.45, 2.75) is 91.6 Å². The second kappa shape index (κ2) is 7.29. The molecule has 0 fully saturated rings. The van der Waals surface area contributed by atoms with Crippen molar-refractivity contribution >= 4 is 5.57 Å². The molecule has 0 radical (unpaired) electrons. The zero-order valence-electron chi connectivity index (χ0n) is 17.5. The van der Waals surface area contributed by atoms with Crippen LogP contribution in [0.1, 0.15) is 97.1 Å². The molecule has 0 aromatic heterocycles. The van der Waals surface area contributed by atoms with Crippen LogP contribution in [0.15, 0.2) is 17.7 Å². The van der Waals surface area contributed by atoms with Crippen LogP contribution in [0.25, 0.3) is 5.57 Å². The fourth-order valence-electron chi connectivity index (χ4n) is 4.83. The number of allylic oxidation sites excluding steroid dienone is 1. The summed E-state index contributed by atoms with van der Waals surface area (Å²) in [5, 5.41) is 10.9. The smallest absolute Gasteiger partial charge is 0.132 e. The number of phenols is 1. The molecule has 1 heterocycles. The SMILES string of the molecule is CCCCCC(C)C(C)c1cc(O)c2c(c1)OC(C)(C)C1=C2C(C)CC1. The highest BCUT2D eigenvalue weighted by atomic mass is 16.5. The van der Waals surface area contributed by atoms with Crippen molar-refractivity contribution in [3.63, 3.8) is 0 Å². The third-order valence-electron chi connectivity index (χ3n) is 6.75. The summed E-state index contributed by atoms with van der Waals surface area (Å²) in [5.74, 6) is 2.81. The Labute approximate surface area is 159 Å².